The molecule has 0 spiro atoms. The summed E-state index contributed by atoms with van der Waals surface area (Å²) in [7, 11) is 0. The lowest BCUT2D eigenvalue weighted by atomic mass is 10.1. The van der Waals surface area contributed by atoms with Gasteiger partial charge in [0.1, 0.15) is 23.1 Å². The second-order valence-corrected chi connectivity index (χ2v) is 8.41. The van der Waals surface area contributed by atoms with Gasteiger partial charge < -0.3 is 13.7 Å². The molecule has 0 aliphatic carbocycles. The molecule has 5 nitrogen and oxygen atoms in total. The van der Waals surface area contributed by atoms with Crippen LogP contribution >= 0.6 is 0 Å². The molecule has 2 aromatic carbocycles. The second kappa shape index (κ2) is 11.5. The number of benzene rings is 2. The predicted molar refractivity (Wildman–Crippen MR) is 128 cm³/mol. The fourth-order valence-corrected chi connectivity index (χ4v) is 3.89. The number of amides is 1. The van der Waals surface area contributed by atoms with E-state index in [9.17, 15) is 9.18 Å². The largest absolute Gasteiger partial charge is 0.468 e. The third-order valence-corrected chi connectivity index (χ3v) is 5.65. The third kappa shape index (κ3) is 6.93. The van der Waals surface area contributed by atoms with E-state index < -0.39 is 0 Å². The van der Waals surface area contributed by atoms with E-state index >= 15 is 0 Å². The molecule has 0 saturated heterocycles. The molecule has 1 amide bonds. The topological polar surface area (TPSA) is 49.8 Å². The molecule has 6 heteroatoms. The molecule has 2 aromatic heterocycles. The van der Waals surface area contributed by atoms with Crippen molar-refractivity contribution in [2.75, 3.05) is 13.1 Å². The third-order valence-electron chi connectivity index (χ3n) is 5.65. The van der Waals surface area contributed by atoms with E-state index in [0.717, 1.165) is 29.3 Å². The molecule has 176 valence electrons. The Kier molecular flexibility index (Phi) is 7.94. The summed E-state index contributed by atoms with van der Waals surface area (Å²) in [5, 5.41) is 0. The standard InChI is InChI=1S/C28H29FN2O3/c1-22-9-14-27(34-22)20-31(16-15-23-6-3-2-4-7-23)28(32)21-30(19-26-8-5-17-33-26)18-24-10-12-25(29)13-11-24/h2-14,17H,15-16,18-21H2,1H3. The lowest BCUT2D eigenvalue weighted by molar-refractivity contribution is -0.133. The van der Waals surface area contributed by atoms with Gasteiger partial charge in [-0.15, -0.1) is 0 Å². The first-order chi connectivity index (χ1) is 16.5. The van der Waals surface area contributed by atoms with Gasteiger partial charge in [-0.25, -0.2) is 4.39 Å². The molecule has 4 rings (SSSR count). The summed E-state index contributed by atoms with van der Waals surface area (Å²) < 4.78 is 24.7. The highest BCUT2D eigenvalue weighted by molar-refractivity contribution is 5.78. The van der Waals surface area contributed by atoms with E-state index in [1.807, 2.05) is 59.2 Å². The van der Waals surface area contributed by atoms with Crippen LogP contribution in [0.5, 0.6) is 0 Å². The lowest BCUT2D eigenvalue weighted by Crippen LogP contribution is -2.40. The van der Waals surface area contributed by atoms with Crippen molar-refractivity contribution in [2.45, 2.75) is 33.0 Å². The quantitative estimate of drug-likeness (QED) is 0.293. The minimum Gasteiger partial charge on any atom is -0.468 e. The summed E-state index contributed by atoms with van der Waals surface area (Å²) in [5.41, 5.74) is 2.10. The zero-order valence-electron chi connectivity index (χ0n) is 19.3. The molecule has 0 N–H and O–H groups in total. The predicted octanol–water partition coefficient (Wildman–Crippen LogP) is 5.59. The normalized spacial score (nSPS) is 11.1. The summed E-state index contributed by atoms with van der Waals surface area (Å²) in [4.78, 5) is 17.4. The molecule has 0 unspecified atom stereocenters. The van der Waals surface area contributed by atoms with Crippen molar-refractivity contribution in [1.29, 1.82) is 0 Å². The van der Waals surface area contributed by atoms with E-state index in [2.05, 4.69) is 12.1 Å². The highest BCUT2D eigenvalue weighted by Crippen LogP contribution is 2.15. The van der Waals surface area contributed by atoms with Crippen LogP contribution in [0.25, 0.3) is 0 Å². The zero-order chi connectivity index (χ0) is 23.8. The van der Waals surface area contributed by atoms with Crippen LogP contribution in [0.4, 0.5) is 4.39 Å². The van der Waals surface area contributed by atoms with Crippen LogP contribution < -0.4 is 0 Å². The van der Waals surface area contributed by atoms with Gasteiger partial charge in [-0.3, -0.25) is 9.69 Å². The van der Waals surface area contributed by atoms with Crippen LogP contribution in [0.15, 0.2) is 94.0 Å². The Hall–Kier alpha value is -3.64. The van der Waals surface area contributed by atoms with Crippen molar-refractivity contribution in [2.24, 2.45) is 0 Å². The van der Waals surface area contributed by atoms with E-state index in [1.54, 1.807) is 18.4 Å². The van der Waals surface area contributed by atoms with Gasteiger partial charge in [0.05, 0.1) is 25.9 Å². The summed E-state index contributed by atoms with van der Waals surface area (Å²) in [6, 6.07) is 24.0. The Bertz CT molecular complexity index is 1150. The van der Waals surface area contributed by atoms with Crippen LogP contribution in [0.2, 0.25) is 0 Å². The van der Waals surface area contributed by atoms with E-state index in [1.165, 1.54) is 17.7 Å². The molecule has 0 aliphatic heterocycles. The number of hydrogen-bond acceptors (Lipinski definition) is 4. The molecular weight excluding hydrogens is 431 g/mol. The van der Waals surface area contributed by atoms with Crippen LogP contribution in [0, 0.1) is 12.7 Å². The Morgan fingerprint density at radius 2 is 1.62 bits per heavy atom. The number of hydrogen-bond donors (Lipinski definition) is 0. The van der Waals surface area contributed by atoms with Gasteiger partial charge in [-0.05, 0) is 60.9 Å². The number of halogens is 1. The first kappa shape index (κ1) is 23.5. The highest BCUT2D eigenvalue weighted by Gasteiger charge is 2.20. The summed E-state index contributed by atoms with van der Waals surface area (Å²) in [6.07, 6.45) is 2.38. The van der Waals surface area contributed by atoms with Gasteiger partial charge >= 0.3 is 0 Å². The molecule has 0 radical (unpaired) electrons. The van der Waals surface area contributed by atoms with E-state index in [0.29, 0.717) is 26.2 Å². The first-order valence-corrected chi connectivity index (χ1v) is 11.4. The van der Waals surface area contributed by atoms with Gasteiger partial charge in [-0.1, -0.05) is 42.5 Å². The van der Waals surface area contributed by atoms with Crippen LogP contribution in [0.3, 0.4) is 0 Å². The minimum absolute atomic E-state index is 0.00125. The van der Waals surface area contributed by atoms with Crippen LogP contribution in [-0.4, -0.2) is 28.8 Å². The maximum absolute atomic E-state index is 13.5. The van der Waals surface area contributed by atoms with Crippen molar-refractivity contribution in [1.82, 2.24) is 9.80 Å². The van der Waals surface area contributed by atoms with Gasteiger partial charge in [0.2, 0.25) is 5.91 Å². The number of carbonyl (C=O) groups excluding carboxylic acids is 1. The number of carbonyl (C=O) groups is 1. The Morgan fingerprint density at radius 3 is 2.29 bits per heavy atom. The number of aryl methyl sites for hydroxylation is 1. The Balaban J connectivity index is 1.49. The maximum Gasteiger partial charge on any atom is 0.237 e. The lowest BCUT2D eigenvalue weighted by Gasteiger charge is -2.27. The molecule has 4 aromatic rings. The molecule has 0 bridgehead atoms. The van der Waals surface area contributed by atoms with Gasteiger partial charge in [0.25, 0.3) is 0 Å². The molecule has 2 heterocycles. The average Bonchev–Trinajstić information content (AvgIpc) is 3.50. The Morgan fingerprint density at radius 1 is 0.824 bits per heavy atom. The molecule has 0 fully saturated rings. The van der Waals surface area contributed by atoms with Crippen molar-refractivity contribution >= 4 is 5.91 Å². The van der Waals surface area contributed by atoms with E-state index in [4.69, 9.17) is 8.83 Å². The molecule has 0 saturated carbocycles. The van der Waals surface area contributed by atoms with Gasteiger partial charge in [-0.2, -0.15) is 0 Å². The Labute approximate surface area is 199 Å². The smallest absolute Gasteiger partial charge is 0.237 e. The van der Waals surface area contributed by atoms with Crippen molar-refractivity contribution in [3.05, 3.63) is 119 Å². The molecule has 0 aliphatic rings. The minimum atomic E-state index is -0.279. The fraction of sp³-hybridized carbons (Fsp3) is 0.250. The molecule has 34 heavy (non-hydrogen) atoms. The van der Waals surface area contributed by atoms with Crippen molar-refractivity contribution in [3.8, 4) is 0 Å². The summed E-state index contributed by atoms with van der Waals surface area (Å²) in [6.45, 7) is 4.06. The molecule has 0 atom stereocenters. The summed E-state index contributed by atoms with van der Waals surface area (Å²) in [5.74, 6) is 2.07. The fourth-order valence-electron chi connectivity index (χ4n) is 3.89. The second-order valence-electron chi connectivity index (χ2n) is 8.41. The first-order valence-electron chi connectivity index (χ1n) is 11.4. The SMILES string of the molecule is Cc1ccc(CN(CCc2ccccc2)C(=O)CN(Cc2ccc(F)cc2)Cc2ccco2)o1. The van der Waals surface area contributed by atoms with Crippen LogP contribution in [0.1, 0.15) is 28.4 Å². The number of rotatable bonds is 11. The summed E-state index contributed by atoms with van der Waals surface area (Å²) >= 11 is 0. The van der Waals surface area contributed by atoms with Crippen molar-refractivity contribution in [3.63, 3.8) is 0 Å². The average molecular weight is 461 g/mol. The monoisotopic (exact) mass is 460 g/mol. The van der Waals surface area contributed by atoms with Gasteiger partial charge in [0, 0.05) is 13.1 Å². The number of nitrogens with zero attached hydrogens (tertiary/aromatic N) is 2. The van der Waals surface area contributed by atoms with E-state index in [-0.39, 0.29) is 18.3 Å². The maximum atomic E-state index is 13.5. The molecular formula is C28H29FN2O3. The highest BCUT2D eigenvalue weighted by atomic mass is 19.1. The van der Waals surface area contributed by atoms with Crippen molar-refractivity contribution < 1.29 is 18.0 Å². The number of furan rings is 2. The zero-order valence-corrected chi connectivity index (χ0v) is 19.3. The van der Waals surface area contributed by atoms with Crippen LogP contribution in [-0.2, 0) is 30.8 Å². The van der Waals surface area contributed by atoms with Gasteiger partial charge in [0.15, 0.2) is 0 Å².